The molecule has 0 unspecified atom stereocenters. The number of nitrogens with one attached hydrogen (secondary N) is 1. The van der Waals surface area contributed by atoms with E-state index in [4.69, 9.17) is 28.3 Å². The Balaban J connectivity index is 2.58. The fraction of sp³-hybridized carbons (Fsp3) is 0.222. The van der Waals surface area contributed by atoms with Crippen LogP contribution in [0.3, 0.4) is 0 Å². The number of benzene rings is 1. The Morgan fingerprint density at radius 3 is 2.86 bits per heavy atom. The molecule has 3 nitrogen and oxygen atoms in total. The van der Waals surface area contributed by atoms with Gasteiger partial charge < -0.3 is 10.1 Å². The van der Waals surface area contributed by atoms with Gasteiger partial charge in [0.25, 0.3) is 0 Å². The van der Waals surface area contributed by atoms with Gasteiger partial charge in [0.2, 0.25) is 0 Å². The minimum atomic E-state index is 0.0607. The van der Waals surface area contributed by atoms with Crippen LogP contribution >= 0.6 is 23.2 Å². The number of fused-ring (bicyclic) bond motifs is 1. The van der Waals surface area contributed by atoms with Crippen LogP contribution in [0.4, 0.5) is 0 Å². The summed E-state index contributed by atoms with van der Waals surface area (Å²) in [4.78, 5) is 7.28. The normalized spacial score (nSPS) is 11.1. The van der Waals surface area contributed by atoms with Gasteiger partial charge in [-0.25, -0.2) is 4.98 Å². The average Bonchev–Trinajstić information content (AvgIpc) is 2.48. The van der Waals surface area contributed by atoms with E-state index in [-0.39, 0.29) is 6.61 Å². The molecule has 0 aliphatic rings. The molecule has 2 N–H and O–H groups in total. The molecule has 5 heteroatoms. The summed E-state index contributed by atoms with van der Waals surface area (Å²) in [6, 6.07) is 3.41. The topological polar surface area (TPSA) is 48.9 Å². The summed E-state index contributed by atoms with van der Waals surface area (Å²) >= 11 is 11.8. The van der Waals surface area contributed by atoms with E-state index in [0.29, 0.717) is 27.8 Å². The van der Waals surface area contributed by atoms with Crippen molar-refractivity contribution in [3.8, 4) is 0 Å². The van der Waals surface area contributed by atoms with E-state index in [2.05, 4.69) is 9.97 Å². The Hall–Kier alpha value is -0.770. The number of H-pyrrole nitrogens is 1. The maximum atomic E-state index is 8.75. The third-order valence-corrected chi connectivity index (χ3v) is 2.41. The maximum Gasteiger partial charge on any atom is 0.109 e. The van der Waals surface area contributed by atoms with Gasteiger partial charge in [0.15, 0.2) is 0 Å². The molecule has 0 spiro atoms. The summed E-state index contributed by atoms with van der Waals surface area (Å²) in [5.74, 6) is 0.715. The van der Waals surface area contributed by atoms with Gasteiger partial charge in [-0.3, -0.25) is 0 Å². The summed E-state index contributed by atoms with van der Waals surface area (Å²) < 4.78 is 0. The first-order chi connectivity index (χ1) is 6.70. The molecule has 0 atom stereocenters. The van der Waals surface area contributed by atoms with Crippen molar-refractivity contribution in [3.63, 3.8) is 0 Å². The Bertz CT molecular complexity index is 467. The fourth-order valence-electron chi connectivity index (χ4n) is 1.32. The molecule has 14 heavy (non-hydrogen) atoms. The van der Waals surface area contributed by atoms with Crippen LogP contribution in [0.2, 0.25) is 10.0 Å². The van der Waals surface area contributed by atoms with Gasteiger partial charge in [0, 0.05) is 11.4 Å². The van der Waals surface area contributed by atoms with Crippen molar-refractivity contribution in [1.29, 1.82) is 0 Å². The quantitative estimate of drug-likeness (QED) is 0.833. The molecule has 0 amide bonds. The van der Waals surface area contributed by atoms with Gasteiger partial charge in [0.05, 0.1) is 17.1 Å². The number of imidazole rings is 1. The zero-order chi connectivity index (χ0) is 10.1. The number of rotatable bonds is 2. The fourth-order valence-corrected chi connectivity index (χ4v) is 1.85. The van der Waals surface area contributed by atoms with E-state index in [1.807, 2.05) is 0 Å². The molecule has 0 radical (unpaired) electrons. The lowest BCUT2D eigenvalue weighted by Gasteiger charge is -1.92. The lowest BCUT2D eigenvalue weighted by molar-refractivity contribution is 0.297. The van der Waals surface area contributed by atoms with Gasteiger partial charge >= 0.3 is 0 Å². The van der Waals surface area contributed by atoms with Crippen LogP contribution in [0.5, 0.6) is 0 Å². The van der Waals surface area contributed by atoms with Crippen molar-refractivity contribution in [2.45, 2.75) is 6.42 Å². The zero-order valence-corrected chi connectivity index (χ0v) is 8.73. The van der Waals surface area contributed by atoms with E-state index in [9.17, 15) is 0 Å². The molecule has 0 saturated carbocycles. The molecule has 0 aliphatic heterocycles. The average molecular weight is 231 g/mol. The molecule has 0 aliphatic carbocycles. The number of hydrogen-bond acceptors (Lipinski definition) is 2. The standard InChI is InChI=1S/C9H8Cl2N2O/c10-5-3-6(11)9-7(4-5)12-8(13-9)1-2-14/h3-4,14H,1-2H2,(H,12,13). The Kier molecular flexibility index (Phi) is 2.63. The third-order valence-electron chi connectivity index (χ3n) is 1.90. The number of hydrogen-bond donors (Lipinski definition) is 2. The van der Waals surface area contributed by atoms with Crippen LogP contribution in [0.25, 0.3) is 11.0 Å². The third kappa shape index (κ3) is 1.71. The molecular weight excluding hydrogens is 223 g/mol. The van der Waals surface area contributed by atoms with Crippen LogP contribution in [-0.2, 0) is 6.42 Å². The van der Waals surface area contributed by atoms with Gasteiger partial charge in [-0.2, -0.15) is 0 Å². The van der Waals surface area contributed by atoms with Crippen LogP contribution in [-0.4, -0.2) is 21.7 Å². The SMILES string of the molecule is OCCc1nc2c(Cl)cc(Cl)cc2[nH]1. The summed E-state index contributed by atoms with van der Waals surface area (Å²) in [6.07, 6.45) is 0.489. The Morgan fingerprint density at radius 1 is 1.36 bits per heavy atom. The molecule has 1 aromatic carbocycles. The molecule has 1 heterocycles. The first-order valence-electron chi connectivity index (χ1n) is 4.15. The maximum absolute atomic E-state index is 8.75. The predicted octanol–water partition coefficient (Wildman–Crippen LogP) is 2.40. The van der Waals surface area contributed by atoms with Gasteiger partial charge in [-0.15, -0.1) is 0 Å². The van der Waals surface area contributed by atoms with Crippen molar-refractivity contribution in [1.82, 2.24) is 9.97 Å². The first kappa shape index (κ1) is 9.77. The molecular formula is C9H8Cl2N2O. The van der Waals surface area contributed by atoms with Crippen molar-refractivity contribution in [3.05, 3.63) is 28.0 Å². The molecule has 0 bridgehead atoms. The minimum Gasteiger partial charge on any atom is -0.396 e. The van der Waals surface area contributed by atoms with E-state index in [1.165, 1.54) is 0 Å². The summed E-state index contributed by atoms with van der Waals surface area (Å²) in [5.41, 5.74) is 1.49. The van der Waals surface area contributed by atoms with E-state index in [1.54, 1.807) is 12.1 Å². The Morgan fingerprint density at radius 2 is 2.14 bits per heavy atom. The number of aromatic amines is 1. The van der Waals surface area contributed by atoms with E-state index < -0.39 is 0 Å². The Labute approximate surface area is 90.7 Å². The number of aliphatic hydroxyl groups excluding tert-OH is 1. The lowest BCUT2D eigenvalue weighted by Crippen LogP contribution is -1.91. The summed E-state index contributed by atoms with van der Waals surface area (Å²) in [7, 11) is 0. The van der Waals surface area contributed by atoms with Crippen LogP contribution in [0.15, 0.2) is 12.1 Å². The van der Waals surface area contributed by atoms with Crippen molar-refractivity contribution >= 4 is 34.2 Å². The smallest absolute Gasteiger partial charge is 0.109 e. The minimum absolute atomic E-state index is 0.0607. The summed E-state index contributed by atoms with van der Waals surface area (Å²) in [5, 5.41) is 9.84. The van der Waals surface area contributed by atoms with Crippen LogP contribution < -0.4 is 0 Å². The highest BCUT2D eigenvalue weighted by Gasteiger charge is 2.07. The number of nitrogens with zero attached hydrogens (tertiary/aromatic N) is 1. The molecule has 1 aromatic heterocycles. The first-order valence-corrected chi connectivity index (χ1v) is 4.91. The highest BCUT2D eigenvalue weighted by molar-refractivity contribution is 6.38. The predicted molar refractivity (Wildman–Crippen MR) is 56.9 cm³/mol. The van der Waals surface area contributed by atoms with Gasteiger partial charge in [-0.05, 0) is 12.1 Å². The second-order valence-electron chi connectivity index (χ2n) is 2.94. The monoisotopic (exact) mass is 230 g/mol. The summed E-state index contributed by atoms with van der Waals surface area (Å²) in [6.45, 7) is 0.0607. The largest absolute Gasteiger partial charge is 0.396 e. The number of aliphatic hydroxyl groups is 1. The van der Waals surface area contributed by atoms with Crippen LogP contribution in [0.1, 0.15) is 5.82 Å². The van der Waals surface area contributed by atoms with Crippen molar-refractivity contribution in [2.75, 3.05) is 6.61 Å². The van der Waals surface area contributed by atoms with E-state index in [0.717, 1.165) is 5.52 Å². The van der Waals surface area contributed by atoms with Crippen LogP contribution in [0, 0.1) is 0 Å². The molecule has 2 aromatic rings. The second kappa shape index (κ2) is 3.77. The van der Waals surface area contributed by atoms with Crippen molar-refractivity contribution < 1.29 is 5.11 Å². The highest BCUT2D eigenvalue weighted by Crippen LogP contribution is 2.26. The zero-order valence-electron chi connectivity index (χ0n) is 7.22. The van der Waals surface area contributed by atoms with Gasteiger partial charge in [0.1, 0.15) is 11.3 Å². The van der Waals surface area contributed by atoms with E-state index >= 15 is 0 Å². The van der Waals surface area contributed by atoms with Crippen molar-refractivity contribution in [2.24, 2.45) is 0 Å². The second-order valence-corrected chi connectivity index (χ2v) is 3.78. The lowest BCUT2D eigenvalue weighted by atomic mass is 10.3. The highest BCUT2D eigenvalue weighted by atomic mass is 35.5. The number of aromatic nitrogens is 2. The molecule has 74 valence electrons. The van der Waals surface area contributed by atoms with Gasteiger partial charge in [-0.1, -0.05) is 23.2 Å². The molecule has 2 rings (SSSR count). The molecule has 0 saturated heterocycles. The number of halogens is 2. The molecule has 0 fully saturated rings.